The van der Waals surface area contributed by atoms with Crippen molar-refractivity contribution < 1.29 is 117 Å². The Bertz CT molecular complexity index is 5260. The van der Waals surface area contributed by atoms with Crippen LogP contribution in [0.25, 0.3) is 0 Å². The molecular weight excluding hydrogens is 1820 g/mol. The highest BCUT2D eigenvalue weighted by atomic mass is 35.5. The normalized spacial score (nSPS) is 21.9. The average Bonchev–Trinajstić information content (AvgIpc) is 1.68. The zero-order valence-corrected chi connectivity index (χ0v) is 77.5. The molecule has 0 bridgehead atoms. The molecule has 3 fully saturated rings. The van der Waals surface area contributed by atoms with E-state index in [2.05, 4.69) is 25.1 Å². The van der Waals surface area contributed by atoms with Crippen LogP contribution in [0.4, 0.5) is 58.6 Å². The SMILES string of the molecule is C[C@H](NP(=O)(OC[C@H]1S[C@@H](n2ccc(N)nc2=O)[C@@H](F)[C@@H]1O)Oc1ccc(Cl)c(F)c1)C(=O)OCc1ccccc1.C[C@H]1[C@H](F)[C@H](n2ccc(N(C(=O)OC(C)(C)C)C(=O)OC(C)(C)C)nc2=O)S[C@@H]1CO.C[C@H]1[C@H](F)[C@H](n2ccc(N(C(=O)OC(C)(C)C)C(=O)OC(C)(C)C)nc2=O)S[C@@H]1COP(=O)(N[C@@H](C)C(=O)OCc1ccccc1)Oc1ccc(Cl)c(F)c1. The van der Waals surface area contributed by atoms with Crippen LogP contribution in [0.2, 0.25) is 10.0 Å². The molecule has 16 atom stereocenters. The summed E-state index contributed by atoms with van der Waals surface area (Å²) in [4.78, 5) is 127. The first-order chi connectivity index (χ1) is 59.1. The monoisotopic (exact) mass is 1920 g/mol. The molecule has 3 saturated heterocycles. The van der Waals surface area contributed by atoms with Crippen LogP contribution >= 0.6 is 74.0 Å². The molecule has 0 spiro atoms. The van der Waals surface area contributed by atoms with Gasteiger partial charge in [-0.15, -0.1) is 35.3 Å². The van der Waals surface area contributed by atoms with Crippen LogP contribution in [0.1, 0.15) is 138 Å². The average molecular weight is 1920 g/mol. The Morgan fingerprint density at radius 3 is 1.18 bits per heavy atom. The first-order valence-electron chi connectivity index (χ1n) is 39.1. The standard InChI is InChI=1S/C36H44ClF2N4O10PS.C25H26ClF2N4O7PS.C20H30FN3O6S/c1-21-27(20-50-54(48,53-24-14-15-25(37)26(38)18-24)41-22(2)31(44)49-19-23-12-10-9-11-13-23)55-30(29(21)39)42-17-16-28(40-32(42)45)43(33(46)51-35(3,4)5)34(47)52-36(6,7)8;1-14(24(34)37-12-15-5-3-2-4-6-15)31-40(36,39-16-7-8-17(26)18(27)11-16)38-13-19-22(33)21(28)23(41-19)32-10-9-20(29)30-25(32)35;1-11-12(10-25)31-15(14(11)21)23-9-8-13(22-16(23)26)24(17(27)29-19(2,3)4)18(28)30-20(5,6)7/h9-18,21-22,27,29-30H,19-20H2,1-8H3,(H,41,48);2-11,14,19,21-23,33H,12-13H2,1H3,(H,31,36)(H2,29,30,35);8-9,11-12,14-15,25H,10H2,1-7H3/t21-,22+,27-,29+,30-,54?;14-,19+,21-,22+,23+,40?;11-,12-,14+,15-/m101/s1. The molecule has 46 heteroatoms. The molecule has 2 unspecified atom stereocenters. The zero-order valence-electron chi connectivity index (χ0n) is 71.7. The fourth-order valence-corrected chi connectivity index (χ4v) is 19.6. The van der Waals surface area contributed by atoms with Crippen molar-refractivity contribution in [2.45, 2.75) is 215 Å². The summed E-state index contributed by atoms with van der Waals surface area (Å²) in [7, 11) is -9.01. The van der Waals surface area contributed by atoms with Gasteiger partial charge < -0.3 is 53.4 Å². The van der Waals surface area contributed by atoms with E-state index in [9.17, 15) is 75.7 Å². The summed E-state index contributed by atoms with van der Waals surface area (Å²) in [5.41, 5.74) is 0.415. The maximum Gasteiger partial charge on any atom is 0.459 e. The number of benzene rings is 4. The smallest absolute Gasteiger partial charge is 0.459 e. The van der Waals surface area contributed by atoms with E-state index in [0.717, 1.165) is 66.7 Å². The minimum Gasteiger partial charge on any atom is -0.460 e. The van der Waals surface area contributed by atoms with Gasteiger partial charge in [-0.3, -0.25) is 32.3 Å². The van der Waals surface area contributed by atoms with Gasteiger partial charge in [0, 0.05) is 53.1 Å². The first-order valence-corrected chi connectivity index (χ1v) is 45.8. The number of esters is 2. The van der Waals surface area contributed by atoms with Crippen molar-refractivity contribution in [3.05, 3.63) is 198 Å². The second-order valence-corrected chi connectivity index (χ2v) is 41.1. The number of nitrogen functional groups attached to an aromatic ring is 1. The third-order valence-electron chi connectivity index (χ3n) is 17.8. The molecule has 6 heterocycles. The summed E-state index contributed by atoms with van der Waals surface area (Å²) in [6.45, 7) is 23.9. The van der Waals surface area contributed by atoms with Crippen LogP contribution in [0.5, 0.6) is 11.5 Å². The van der Waals surface area contributed by atoms with Crippen molar-refractivity contribution in [3.8, 4) is 11.5 Å². The number of carbonyl (C=O) groups excluding carboxylic acids is 6. The second kappa shape index (κ2) is 44.0. The van der Waals surface area contributed by atoms with Crippen LogP contribution in [-0.2, 0) is 69.4 Å². The van der Waals surface area contributed by atoms with Crippen molar-refractivity contribution in [2.24, 2.45) is 11.8 Å². The number of aliphatic hydroxyl groups excluding tert-OH is 2. The predicted molar refractivity (Wildman–Crippen MR) is 466 cm³/mol. The summed E-state index contributed by atoms with van der Waals surface area (Å²) < 4.78 is 159. The van der Waals surface area contributed by atoms with E-state index in [1.165, 1.54) is 74.9 Å². The third-order valence-corrected chi connectivity index (χ3v) is 26.6. The molecule has 694 valence electrons. The van der Waals surface area contributed by atoms with E-state index >= 15 is 8.78 Å². The van der Waals surface area contributed by atoms with E-state index in [1.54, 1.807) is 158 Å². The predicted octanol–water partition coefficient (Wildman–Crippen LogP) is 15.6. The number of nitrogens with two attached hydrogens (primary N) is 1. The van der Waals surface area contributed by atoms with Crippen molar-refractivity contribution in [2.75, 3.05) is 35.4 Å². The lowest BCUT2D eigenvalue weighted by Crippen LogP contribution is -2.45. The molecule has 10 rings (SSSR count). The number of amides is 4. The van der Waals surface area contributed by atoms with Gasteiger partial charge in [-0.05, 0) is 151 Å². The highest BCUT2D eigenvalue weighted by molar-refractivity contribution is 8.00. The third kappa shape index (κ3) is 29.7. The number of aromatic nitrogens is 6. The lowest BCUT2D eigenvalue weighted by molar-refractivity contribution is -0.147. The Balaban J connectivity index is 0.000000246. The number of nitrogens with one attached hydrogen (secondary N) is 2. The molecule has 0 radical (unpaired) electrons. The van der Waals surface area contributed by atoms with E-state index in [-0.39, 0.29) is 58.3 Å². The number of carbonyl (C=O) groups is 6. The maximum atomic E-state index is 15.9. The molecule has 4 amide bonds. The molecule has 3 aliphatic rings. The van der Waals surface area contributed by atoms with Crippen molar-refractivity contribution in [1.29, 1.82) is 0 Å². The number of hydrogen-bond donors (Lipinski definition) is 5. The number of hydrogen-bond acceptors (Lipinski definition) is 30. The second-order valence-electron chi connectivity index (χ2n) is 32.8. The van der Waals surface area contributed by atoms with E-state index in [4.69, 9.17) is 75.5 Å². The molecule has 127 heavy (non-hydrogen) atoms. The highest BCUT2D eigenvalue weighted by Gasteiger charge is 2.50. The topological polar surface area (TPSA) is 431 Å². The number of imide groups is 2. The molecule has 7 aromatic rings. The lowest BCUT2D eigenvalue weighted by atomic mass is 10.0. The molecule has 34 nitrogen and oxygen atoms in total. The fourth-order valence-electron chi connectivity index (χ4n) is 11.6. The van der Waals surface area contributed by atoms with Gasteiger partial charge in [-0.2, -0.15) is 34.9 Å². The van der Waals surface area contributed by atoms with Crippen LogP contribution < -0.4 is 51.8 Å². The van der Waals surface area contributed by atoms with Gasteiger partial charge in [0.1, 0.15) is 111 Å². The minimum atomic E-state index is -4.52. The maximum absolute atomic E-state index is 15.9. The zero-order chi connectivity index (χ0) is 94.3. The van der Waals surface area contributed by atoms with Gasteiger partial charge in [0.05, 0.1) is 35.1 Å². The van der Waals surface area contributed by atoms with Gasteiger partial charge in [-0.25, -0.2) is 64.6 Å². The largest absolute Gasteiger partial charge is 0.460 e. The van der Waals surface area contributed by atoms with Crippen LogP contribution in [0.3, 0.4) is 0 Å². The molecular formula is C81H100Cl2F5N11O23P2S3. The van der Waals surface area contributed by atoms with Crippen molar-refractivity contribution in [1.82, 2.24) is 38.8 Å². The number of halogens is 7. The van der Waals surface area contributed by atoms with Gasteiger partial charge in [0.25, 0.3) is 0 Å². The van der Waals surface area contributed by atoms with Crippen molar-refractivity contribution in [3.63, 3.8) is 0 Å². The molecule has 4 aromatic carbocycles. The van der Waals surface area contributed by atoms with E-state index in [1.807, 2.05) is 0 Å². The number of alkyl halides is 3. The number of nitrogens with zero attached hydrogens (tertiary/aromatic N) is 8. The number of thioether (sulfide) groups is 3. The Morgan fingerprint density at radius 2 is 0.843 bits per heavy atom. The summed E-state index contributed by atoms with van der Waals surface area (Å²) in [5.74, 6) is -5.80. The number of anilines is 3. The lowest BCUT2D eigenvalue weighted by Gasteiger charge is -2.28. The first kappa shape index (κ1) is 103. The molecule has 3 aliphatic heterocycles. The highest BCUT2D eigenvalue weighted by Crippen LogP contribution is 2.53. The summed E-state index contributed by atoms with van der Waals surface area (Å²) in [6.07, 6.45) is -7.29. The summed E-state index contributed by atoms with van der Waals surface area (Å²) >= 11 is 14.5. The van der Waals surface area contributed by atoms with Gasteiger partial charge in [0.2, 0.25) is 0 Å². The fraction of sp³-hybridized carbons (Fsp3) is 0.481. The van der Waals surface area contributed by atoms with Gasteiger partial charge >= 0.3 is 68.9 Å². The Hall–Kier alpha value is -9.16. The van der Waals surface area contributed by atoms with Crippen LogP contribution in [-0.4, -0.2) is 170 Å². The summed E-state index contributed by atoms with van der Waals surface area (Å²) in [6, 6.07) is 25.5. The molecule has 3 aromatic heterocycles. The van der Waals surface area contributed by atoms with Crippen LogP contribution in [0, 0.1) is 23.5 Å². The number of aliphatic hydroxyl groups is 2. The number of rotatable bonds is 26. The Labute approximate surface area is 750 Å². The number of ether oxygens (including phenoxy) is 6. The van der Waals surface area contributed by atoms with Crippen molar-refractivity contribution >= 4 is 128 Å². The molecule has 6 N–H and O–H groups in total. The summed E-state index contributed by atoms with van der Waals surface area (Å²) in [5, 5.41) is 19.1. The van der Waals surface area contributed by atoms with E-state index < -0.39 is 197 Å². The Morgan fingerprint density at radius 1 is 0.512 bits per heavy atom. The minimum absolute atomic E-state index is 0.0516. The quantitative estimate of drug-likeness (QED) is 0.0145. The molecule has 0 saturated carbocycles. The van der Waals surface area contributed by atoms with Gasteiger partial charge in [-0.1, -0.05) is 97.7 Å². The van der Waals surface area contributed by atoms with Gasteiger partial charge in [0.15, 0.2) is 17.8 Å². The van der Waals surface area contributed by atoms with E-state index in [0.29, 0.717) is 15.4 Å². The van der Waals surface area contributed by atoms with Crippen LogP contribution in [0.15, 0.2) is 148 Å². The molecule has 0 aliphatic carbocycles. The Kier molecular flexibility index (Phi) is 35.7.